The third-order valence-electron chi connectivity index (χ3n) is 5.16. The first kappa shape index (κ1) is 16.1. The molecule has 132 valence electrons. The van der Waals surface area contributed by atoms with Crippen LogP contribution in [-0.2, 0) is 4.79 Å². The van der Waals surface area contributed by atoms with Crippen molar-refractivity contribution in [2.24, 2.45) is 5.92 Å². The van der Waals surface area contributed by atoms with E-state index in [2.05, 4.69) is 15.2 Å². The fourth-order valence-electron chi connectivity index (χ4n) is 3.48. The fourth-order valence-corrected chi connectivity index (χ4v) is 3.48. The van der Waals surface area contributed by atoms with E-state index in [9.17, 15) is 9.59 Å². The van der Waals surface area contributed by atoms with E-state index in [0.717, 1.165) is 24.9 Å². The molecule has 2 fully saturated rings. The fraction of sp³-hybridized carbons (Fsp3) is 0.500. The minimum Gasteiger partial charge on any atom is -0.480 e. The number of nitrogens with zero attached hydrogens (tertiary/aromatic N) is 3. The van der Waals surface area contributed by atoms with Crippen molar-refractivity contribution >= 4 is 17.4 Å². The van der Waals surface area contributed by atoms with Crippen LogP contribution in [0.2, 0.25) is 0 Å². The lowest BCUT2D eigenvalue weighted by Gasteiger charge is -2.42. The monoisotopic (exact) mass is 342 g/mol. The Bertz CT molecular complexity index is 792. The highest BCUT2D eigenvalue weighted by Crippen LogP contribution is 2.33. The van der Waals surface area contributed by atoms with Crippen molar-refractivity contribution in [3.8, 4) is 0 Å². The maximum Gasteiger partial charge on any atom is 0.317 e. The van der Waals surface area contributed by atoms with Gasteiger partial charge in [-0.1, -0.05) is 0 Å². The van der Waals surface area contributed by atoms with E-state index in [0.29, 0.717) is 11.5 Å². The van der Waals surface area contributed by atoms with E-state index in [4.69, 9.17) is 5.11 Å². The van der Waals surface area contributed by atoms with Gasteiger partial charge in [0.15, 0.2) is 0 Å². The van der Waals surface area contributed by atoms with Gasteiger partial charge < -0.3 is 14.8 Å². The molecule has 2 N–H and O–H groups in total. The molecule has 7 nitrogen and oxygen atoms in total. The highest BCUT2D eigenvalue weighted by Gasteiger charge is 2.37. The van der Waals surface area contributed by atoms with Crippen LogP contribution in [0.4, 0.5) is 0 Å². The van der Waals surface area contributed by atoms with Crippen molar-refractivity contribution in [3.05, 3.63) is 36.4 Å². The molecule has 4 rings (SSSR count). The number of amides is 1. The summed E-state index contributed by atoms with van der Waals surface area (Å²) in [5.41, 5.74) is 1.55. The number of rotatable bonds is 7. The molecule has 0 radical (unpaired) electrons. The maximum atomic E-state index is 12.4. The Labute approximate surface area is 145 Å². The Balaban J connectivity index is 1.32. The second-order valence-electron chi connectivity index (χ2n) is 7.21. The minimum absolute atomic E-state index is 0.0916. The SMILES string of the molecule is O=C(O)CN(CC1CC1)C1CC(NC(=O)c2ccc3cncn3c2)C1. The predicted octanol–water partition coefficient (Wildman–Crippen LogP) is 1.39. The highest BCUT2D eigenvalue weighted by molar-refractivity contribution is 5.94. The first-order valence-electron chi connectivity index (χ1n) is 8.77. The number of carboxylic acid groups (broad SMARTS) is 1. The molecular weight excluding hydrogens is 320 g/mol. The normalized spacial score (nSPS) is 22.8. The first-order chi connectivity index (χ1) is 12.1. The van der Waals surface area contributed by atoms with Crippen LogP contribution in [0.3, 0.4) is 0 Å². The summed E-state index contributed by atoms with van der Waals surface area (Å²) in [6.07, 6.45) is 9.25. The Morgan fingerprint density at radius 3 is 2.84 bits per heavy atom. The average Bonchev–Trinajstić information content (AvgIpc) is 3.22. The van der Waals surface area contributed by atoms with E-state index in [-0.39, 0.29) is 24.5 Å². The van der Waals surface area contributed by atoms with Crippen LogP contribution in [0.1, 0.15) is 36.0 Å². The molecule has 2 saturated carbocycles. The van der Waals surface area contributed by atoms with Crippen LogP contribution in [0, 0.1) is 5.92 Å². The zero-order valence-corrected chi connectivity index (χ0v) is 14.0. The standard InChI is InChI=1S/C18H22N4O3/c23-17(24)10-21(8-12-1-2-12)16-5-14(6-16)20-18(25)13-3-4-15-7-19-11-22(15)9-13/h3-4,7,9,11-12,14,16H,1-2,5-6,8,10H2,(H,20,25)(H,23,24). The lowest BCUT2D eigenvalue weighted by atomic mass is 9.85. The molecule has 25 heavy (non-hydrogen) atoms. The van der Waals surface area contributed by atoms with Gasteiger partial charge in [0.2, 0.25) is 0 Å². The highest BCUT2D eigenvalue weighted by atomic mass is 16.4. The number of nitrogens with one attached hydrogen (secondary N) is 1. The van der Waals surface area contributed by atoms with Gasteiger partial charge in [-0.2, -0.15) is 0 Å². The molecule has 7 heteroatoms. The summed E-state index contributed by atoms with van der Waals surface area (Å²) in [4.78, 5) is 29.6. The number of hydrogen-bond acceptors (Lipinski definition) is 4. The van der Waals surface area contributed by atoms with Crippen molar-refractivity contribution in [3.63, 3.8) is 0 Å². The van der Waals surface area contributed by atoms with Gasteiger partial charge in [-0.3, -0.25) is 14.5 Å². The summed E-state index contributed by atoms with van der Waals surface area (Å²) in [5.74, 6) is -0.206. The van der Waals surface area contributed by atoms with Gasteiger partial charge in [0.1, 0.15) is 0 Å². The topological polar surface area (TPSA) is 86.9 Å². The molecule has 0 aliphatic heterocycles. The van der Waals surface area contributed by atoms with Crippen LogP contribution in [-0.4, -0.2) is 56.4 Å². The molecule has 0 spiro atoms. The Morgan fingerprint density at radius 1 is 1.32 bits per heavy atom. The second-order valence-corrected chi connectivity index (χ2v) is 7.21. The lowest BCUT2D eigenvalue weighted by molar-refractivity contribution is -0.139. The largest absolute Gasteiger partial charge is 0.480 e. The summed E-state index contributed by atoms with van der Waals surface area (Å²) < 4.78 is 1.82. The number of fused-ring (bicyclic) bond motifs is 1. The number of carboxylic acids is 1. The molecule has 2 aliphatic carbocycles. The van der Waals surface area contributed by atoms with Crippen LogP contribution < -0.4 is 5.32 Å². The second kappa shape index (κ2) is 6.48. The third kappa shape index (κ3) is 3.66. The smallest absolute Gasteiger partial charge is 0.317 e. The summed E-state index contributed by atoms with van der Waals surface area (Å²) >= 11 is 0. The molecule has 0 bridgehead atoms. The van der Waals surface area contributed by atoms with Crippen LogP contribution in [0.15, 0.2) is 30.9 Å². The third-order valence-corrected chi connectivity index (χ3v) is 5.16. The van der Waals surface area contributed by atoms with Gasteiger partial charge in [0.05, 0.1) is 30.1 Å². The Kier molecular flexibility index (Phi) is 4.17. The summed E-state index contributed by atoms with van der Waals surface area (Å²) in [5, 5.41) is 12.1. The van der Waals surface area contributed by atoms with Gasteiger partial charge in [-0.25, -0.2) is 4.98 Å². The van der Waals surface area contributed by atoms with Crippen molar-refractivity contribution in [1.82, 2.24) is 19.6 Å². The number of carbonyl (C=O) groups is 2. The number of hydrogen-bond donors (Lipinski definition) is 2. The first-order valence-corrected chi connectivity index (χ1v) is 8.77. The van der Waals surface area contributed by atoms with Crippen molar-refractivity contribution in [1.29, 1.82) is 0 Å². The molecule has 2 aliphatic rings. The zero-order chi connectivity index (χ0) is 17.4. The number of pyridine rings is 1. The van der Waals surface area contributed by atoms with E-state index >= 15 is 0 Å². The van der Waals surface area contributed by atoms with E-state index in [1.165, 1.54) is 12.8 Å². The van der Waals surface area contributed by atoms with Gasteiger partial charge in [-0.05, 0) is 43.7 Å². The molecule has 2 heterocycles. The lowest BCUT2D eigenvalue weighted by Crippen LogP contribution is -2.55. The Morgan fingerprint density at radius 2 is 2.12 bits per heavy atom. The average molecular weight is 342 g/mol. The number of imidazole rings is 1. The summed E-state index contributed by atoms with van der Waals surface area (Å²) in [7, 11) is 0. The van der Waals surface area contributed by atoms with Crippen LogP contribution in [0.5, 0.6) is 0 Å². The van der Waals surface area contributed by atoms with Gasteiger partial charge in [0, 0.05) is 24.8 Å². The summed E-state index contributed by atoms with van der Waals surface area (Å²) in [6.45, 7) is 0.966. The number of aliphatic carboxylic acids is 1. The van der Waals surface area contributed by atoms with Crippen LogP contribution >= 0.6 is 0 Å². The molecule has 0 atom stereocenters. The number of aromatic nitrogens is 2. The van der Waals surface area contributed by atoms with Crippen molar-refractivity contribution in [2.75, 3.05) is 13.1 Å². The predicted molar refractivity (Wildman–Crippen MR) is 91.4 cm³/mol. The molecule has 0 saturated heterocycles. The molecule has 2 aromatic rings. The molecule has 1 amide bonds. The van der Waals surface area contributed by atoms with Crippen molar-refractivity contribution < 1.29 is 14.7 Å². The minimum atomic E-state index is -0.776. The molecule has 2 aromatic heterocycles. The van der Waals surface area contributed by atoms with Crippen LogP contribution in [0.25, 0.3) is 5.52 Å². The van der Waals surface area contributed by atoms with Gasteiger partial charge >= 0.3 is 5.97 Å². The maximum absolute atomic E-state index is 12.4. The quantitative estimate of drug-likeness (QED) is 0.794. The van der Waals surface area contributed by atoms with E-state index in [1.54, 1.807) is 24.8 Å². The zero-order valence-electron chi connectivity index (χ0n) is 14.0. The molecule has 0 unspecified atom stereocenters. The number of carbonyl (C=O) groups excluding carboxylic acids is 1. The van der Waals surface area contributed by atoms with Gasteiger partial charge in [-0.15, -0.1) is 0 Å². The Hall–Kier alpha value is -2.41. The molecule has 0 aromatic carbocycles. The van der Waals surface area contributed by atoms with Crippen molar-refractivity contribution in [2.45, 2.75) is 37.8 Å². The van der Waals surface area contributed by atoms with Gasteiger partial charge in [0.25, 0.3) is 5.91 Å². The van der Waals surface area contributed by atoms with E-state index < -0.39 is 5.97 Å². The molecular formula is C18H22N4O3. The van der Waals surface area contributed by atoms with E-state index in [1.807, 2.05) is 10.5 Å². The summed E-state index contributed by atoms with van der Waals surface area (Å²) in [6, 6.07) is 4.05.